The largest absolute Gasteiger partial charge is 0.480 e. The lowest BCUT2D eigenvalue weighted by Crippen LogP contribution is -2.37. The average Bonchev–Trinajstić information content (AvgIpc) is 2.36. The number of carbonyl (C=O) groups is 1. The summed E-state index contributed by atoms with van der Waals surface area (Å²) in [6.45, 7) is 2.39. The van der Waals surface area contributed by atoms with Gasteiger partial charge in [0.1, 0.15) is 6.04 Å². The molecule has 1 N–H and O–H groups in total. The van der Waals surface area contributed by atoms with E-state index in [2.05, 4.69) is 0 Å². The van der Waals surface area contributed by atoms with Crippen LogP contribution in [0.15, 0.2) is 24.3 Å². The second-order valence-electron chi connectivity index (χ2n) is 4.48. The van der Waals surface area contributed by atoms with Gasteiger partial charge >= 0.3 is 5.97 Å². The maximum absolute atomic E-state index is 11.1. The van der Waals surface area contributed by atoms with Crippen molar-refractivity contribution in [1.82, 2.24) is 4.90 Å². The van der Waals surface area contributed by atoms with Crippen LogP contribution in [0.5, 0.6) is 0 Å². The number of nitro groups is 1. The van der Waals surface area contributed by atoms with E-state index in [4.69, 9.17) is 5.11 Å². The Hall–Kier alpha value is -1.95. The molecule has 0 saturated heterocycles. The van der Waals surface area contributed by atoms with Crippen molar-refractivity contribution in [1.29, 1.82) is 0 Å². The quantitative estimate of drug-likeness (QED) is 0.604. The molecule has 0 spiro atoms. The van der Waals surface area contributed by atoms with Crippen LogP contribution >= 0.6 is 0 Å². The number of likely N-dealkylation sites (N-methyl/N-ethyl adjacent to an activating group) is 1. The Morgan fingerprint density at radius 1 is 1.42 bits per heavy atom. The van der Waals surface area contributed by atoms with Gasteiger partial charge in [0.2, 0.25) is 0 Å². The highest BCUT2D eigenvalue weighted by Crippen LogP contribution is 2.15. The van der Waals surface area contributed by atoms with Gasteiger partial charge in [-0.3, -0.25) is 19.8 Å². The first kappa shape index (κ1) is 15.1. The Morgan fingerprint density at radius 3 is 2.42 bits per heavy atom. The van der Waals surface area contributed by atoms with E-state index in [9.17, 15) is 14.9 Å². The van der Waals surface area contributed by atoms with Gasteiger partial charge in [-0.1, -0.05) is 25.5 Å². The average molecular weight is 266 g/mol. The Kier molecular flexibility index (Phi) is 5.44. The zero-order valence-corrected chi connectivity index (χ0v) is 11.1. The zero-order valence-electron chi connectivity index (χ0n) is 11.1. The molecule has 1 rings (SSSR count). The highest BCUT2D eigenvalue weighted by Gasteiger charge is 2.21. The van der Waals surface area contributed by atoms with Crippen LogP contribution in [0.3, 0.4) is 0 Å². The van der Waals surface area contributed by atoms with E-state index in [1.54, 1.807) is 24.1 Å². The molecule has 0 radical (unpaired) electrons. The molecule has 0 aliphatic rings. The minimum Gasteiger partial charge on any atom is -0.480 e. The summed E-state index contributed by atoms with van der Waals surface area (Å²) < 4.78 is 0. The summed E-state index contributed by atoms with van der Waals surface area (Å²) in [4.78, 5) is 23.0. The fraction of sp³-hybridized carbons (Fsp3) is 0.462. The predicted octanol–water partition coefficient (Wildman–Crippen LogP) is 2.28. The number of nitrogens with zero attached hydrogens (tertiary/aromatic N) is 2. The molecular formula is C13H18N2O4. The van der Waals surface area contributed by atoms with Crippen LogP contribution in [0.1, 0.15) is 25.3 Å². The number of hydrogen-bond donors (Lipinski definition) is 1. The smallest absolute Gasteiger partial charge is 0.320 e. The van der Waals surface area contributed by atoms with Crippen LogP contribution in [0.25, 0.3) is 0 Å². The highest BCUT2D eigenvalue weighted by molar-refractivity contribution is 5.73. The molecule has 1 unspecified atom stereocenters. The van der Waals surface area contributed by atoms with Gasteiger partial charge in [0.25, 0.3) is 5.69 Å². The number of benzene rings is 1. The highest BCUT2D eigenvalue weighted by atomic mass is 16.6. The molecule has 1 atom stereocenters. The van der Waals surface area contributed by atoms with Crippen molar-refractivity contribution in [3.63, 3.8) is 0 Å². The molecule has 19 heavy (non-hydrogen) atoms. The molecule has 0 aromatic heterocycles. The summed E-state index contributed by atoms with van der Waals surface area (Å²) in [6, 6.07) is 5.64. The van der Waals surface area contributed by atoms with Crippen LogP contribution < -0.4 is 0 Å². The SMILES string of the molecule is CCCC(C(=O)O)N(C)Cc1ccc([N+](=O)[O-])cc1. The van der Waals surface area contributed by atoms with Gasteiger partial charge in [-0.15, -0.1) is 0 Å². The van der Waals surface area contributed by atoms with Crippen molar-refractivity contribution in [3.05, 3.63) is 39.9 Å². The molecule has 0 bridgehead atoms. The van der Waals surface area contributed by atoms with Crippen molar-refractivity contribution in [2.45, 2.75) is 32.4 Å². The Morgan fingerprint density at radius 2 is 2.00 bits per heavy atom. The number of nitro benzene ring substituents is 1. The normalized spacial score (nSPS) is 12.4. The Bertz CT molecular complexity index is 444. The summed E-state index contributed by atoms with van der Waals surface area (Å²) in [7, 11) is 1.75. The van der Waals surface area contributed by atoms with E-state index in [0.717, 1.165) is 12.0 Å². The standard InChI is InChI=1S/C13H18N2O4/c1-3-4-12(13(16)17)14(2)9-10-5-7-11(8-6-10)15(18)19/h5-8,12H,3-4,9H2,1-2H3,(H,16,17). The molecule has 0 heterocycles. The van der Waals surface area contributed by atoms with Gasteiger partial charge in [-0.2, -0.15) is 0 Å². The summed E-state index contributed by atoms with van der Waals surface area (Å²) in [5.41, 5.74) is 0.894. The second kappa shape index (κ2) is 6.84. The van der Waals surface area contributed by atoms with Gasteiger partial charge in [0.05, 0.1) is 4.92 Å². The number of hydrogen-bond acceptors (Lipinski definition) is 4. The lowest BCUT2D eigenvalue weighted by molar-refractivity contribution is -0.384. The minimum atomic E-state index is -0.841. The fourth-order valence-corrected chi connectivity index (χ4v) is 1.93. The fourth-order valence-electron chi connectivity index (χ4n) is 1.93. The molecular weight excluding hydrogens is 248 g/mol. The molecule has 6 heteroatoms. The molecule has 1 aromatic rings. The first-order valence-corrected chi connectivity index (χ1v) is 6.12. The summed E-state index contributed by atoms with van der Waals surface area (Å²) in [6.07, 6.45) is 1.38. The van der Waals surface area contributed by atoms with Crippen LogP contribution in [0.4, 0.5) is 5.69 Å². The minimum absolute atomic E-state index is 0.0368. The van der Waals surface area contributed by atoms with Crippen LogP contribution in [-0.2, 0) is 11.3 Å². The Balaban J connectivity index is 2.72. The van der Waals surface area contributed by atoms with Gasteiger partial charge in [0, 0.05) is 18.7 Å². The van der Waals surface area contributed by atoms with Gasteiger partial charge in [-0.25, -0.2) is 0 Å². The maximum atomic E-state index is 11.1. The van der Waals surface area contributed by atoms with Crippen molar-refractivity contribution in [2.24, 2.45) is 0 Å². The molecule has 0 fully saturated rings. The third-order valence-electron chi connectivity index (χ3n) is 2.96. The number of non-ortho nitro benzene ring substituents is 1. The van der Waals surface area contributed by atoms with E-state index >= 15 is 0 Å². The van der Waals surface area contributed by atoms with E-state index in [0.29, 0.717) is 13.0 Å². The lowest BCUT2D eigenvalue weighted by Gasteiger charge is -2.24. The Labute approximate surface area is 111 Å². The predicted molar refractivity (Wildman–Crippen MR) is 70.9 cm³/mol. The van der Waals surface area contributed by atoms with Crippen LogP contribution in [0.2, 0.25) is 0 Å². The molecule has 6 nitrogen and oxygen atoms in total. The van der Waals surface area contributed by atoms with Gasteiger partial charge < -0.3 is 5.11 Å². The molecule has 0 amide bonds. The van der Waals surface area contributed by atoms with Crippen LogP contribution in [-0.4, -0.2) is 34.0 Å². The topological polar surface area (TPSA) is 83.7 Å². The van der Waals surface area contributed by atoms with Gasteiger partial charge in [-0.05, 0) is 19.0 Å². The summed E-state index contributed by atoms with van der Waals surface area (Å²) >= 11 is 0. The molecule has 0 aliphatic carbocycles. The van der Waals surface area contributed by atoms with E-state index < -0.39 is 16.9 Å². The third-order valence-corrected chi connectivity index (χ3v) is 2.96. The third kappa shape index (κ3) is 4.33. The van der Waals surface area contributed by atoms with Crippen molar-refractivity contribution in [3.8, 4) is 0 Å². The molecule has 0 saturated carbocycles. The molecule has 0 aliphatic heterocycles. The number of rotatable bonds is 7. The van der Waals surface area contributed by atoms with Crippen molar-refractivity contribution in [2.75, 3.05) is 7.05 Å². The van der Waals surface area contributed by atoms with E-state index in [-0.39, 0.29) is 5.69 Å². The number of carboxylic acids is 1. The second-order valence-corrected chi connectivity index (χ2v) is 4.48. The van der Waals surface area contributed by atoms with E-state index in [1.807, 2.05) is 6.92 Å². The van der Waals surface area contributed by atoms with E-state index in [1.165, 1.54) is 12.1 Å². The van der Waals surface area contributed by atoms with Gasteiger partial charge in [0.15, 0.2) is 0 Å². The van der Waals surface area contributed by atoms with Crippen LogP contribution in [0, 0.1) is 10.1 Å². The summed E-state index contributed by atoms with van der Waals surface area (Å²) in [5.74, 6) is -0.841. The first-order valence-electron chi connectivity index (χ1n) is 6.12. The summed E-state index contributed by atoms with van der Waals surface area (Å²) in [5, 5.41) is 19.7. The molecule has 1 aromatic carbocycles. The first-order chi connectivity index (χ1) is 8.95. The lowest BCUT2D eigenvalue weighted by atomic mass is 10.1. The number of aliphatic carboxylic acids is 1. The zero-order chi connectivity index (χ0) is 14.4. The maximum Gasteiger partial charge on any atom is 0.320 e. The monoisotopic (exact) mass is 266 g/mol. The number of carboxylic acid groups (broad SMARTS) is 1. The van der Waals surface area contributed by atoms with Crippen molar-refractivity contribution < 1.29 is 14.8 Å². The molecule has 104 valence electrons. The van der Waals surface area contributed by atoms with Crippen molar-refractivity contribution >= 4 is 11.7 Å².